The highest BCUT2D eigenvalue weighted by Crippen LogP contribution is 2.40. The van der Waals surface area contributed by atoms with Crippen LogP contribution in [0.25, 0.3) is 0 Å². The predicted octanol–water partition coefficient (Wildman–Crippen LogP) is 1.68. The molecule has 2 aliphatic rings. The van der Waals surface area contributed by atoms with E-state index in [1.807, 2.05) is 20.8 Å². The quantitative estimate of drug-likeness (QED) is 0.763. The summed E-state index contributed by atoms with van der Waals surface area (Å²) in [5.74, 6) is 0.253. The van der Waals surface area contributed by atoms with Crippen molar-refractivity contribution in [3.8, 4) is 0 Å². The van der Waals surface area contributed by atoms with E-state index in [-0.39, 0.29) is 24.5 Å². The average molecular weight is 244 g/mol. The highest BCUT2D eigenvalue weighted by Gasteiger charge is 2.49. The largest absolute Gasteiger partial charge is 0.444 e. The third-order valence-electron chi connectivity index (χ3n) is 3.31. The van der Waals surface area contributed by atoms with Gasteiger partial charge in [-0.15, -0.1) is 0 Å². The molecule has 1 amide bonds. The van der Waals surface area contributed by atoms with Crippen molar-refractivity contribution in [3.63, 3.8) is 0 Å². The van der Waals surface area contributed by atoms with E-state index < -0.39 is 17.9 Å². The topological polar surface area (TPSA) is 55.6 Å². The van der Waals surface area contributed by atoms with Crippen molar-refractivity contribution in [1.82, 2.24) is 4.90 Å². The second kappa shape index (κ2) is 4.12. The summed E-state index contributed by atoms with van der Waals surface area (Å²) >= 11 is 0. The lowest BCUT2D eigenvalue weighted by Gasteiger charge is -2.28. The van der Waals surface area contributed by atoms with Crippen LogP contribution in [0.2, 0.25) is 0 Å². The number of nitrogens with two attached hydrogens (primary N) is 1. The van der Waals surface area contributed by atoms with Gasteiger partial charge in [0.25, 0.3) is 0 Å². The molecule has 5 heteroatoms. The summed E-state index contributed by atoms with van der Waals surface area (Å²) in [4.78, 5) is 13.5. The van der Waals surface area contributed by atoms with Crippen molar-refractivity contribution < 1.29 is 13.9 Å². The zero-order valence-electron chi connectivity index (χ0n) is 10.6. The normalized spacial score (nSPS) is 37.1. The molecule has 1 heterocycles. The lowest BCUT2D eigenvalue weighted by atomic mass is 10.1. The van der Waals surface area contributed by atoms with Gasteiger partial charge in [-0.05, 0) is 33.1 Å². The Hall–Kier alpha value is -0.840. The molecule has 1 unspecified atom stereocenters. The second-order valence-corrected chi connectivity index (χ2v) is 6.10. The number of likely N-dealkylation sites (tertiary alicyclic amines) is 1. The first-order valence-corrected chi connectivity index (χ1v) is 6.17. The van der Waals surface area contributed by atoms with Crippen LogP contribution in [0.1, 0.15) is 33.6 Å². The van der Waals surface area contributed by atoms with Crippen LogP contribution in [0.3, 0.4) is 0 Å². The maximum atomic E-state index is 13.4. The number of amides is 1. The molecule has 0 spiro atoms. The number of alkyl halides is 1. The lowest BCUT2D eigenvalue weighted by molar-refractivity contribution is 0.0201. The van der Waals surface area contributed by atoms with Crippen molar-refractivity contribution in [2.45, 2.75) is 57.5 Å². The third-order valence-corrected chi connectivity index (χ3v) is 3.31. The molecule has 0 radical (unpaired) electrons. The zero-order chi connectivity index (χ0) is 12.8. The molecule has 17 heavy (non-hydrogen) atoms. The molecule has 1 saturated heterocycles. The van der Waals surface area contributed by atoms with Gasteiger partial charge in [0.15, 0.2) is 0 Å². The Morgan fingerprint density at radius 2 is 2.00 bits per heavy atom. The van der Waals surface area contributed by atoms with E-state index in [0.29, 0.717) is 6.42 Å². The Bertz CT molecular complexity index is 316. The average Bonchev–Trinajstić information content (AvgIpc) is 2.72. The monoisotopic (exact) mass is 244 g/mol. The van der Waals surface area contributed by atoms with E-state index in [1.165, 1.54) is 4.90 Å². The predicted molar refractivity (Wildman–Crippen MR) is 62.3 cm³/mol. The van der Waals surface area contributed by atoms with E-state index >= 15 is 0 Å². The molecule has 2 N–H and O–H groups in total. The molecule has 0 aromatic heterocycles. The maximum Gasteiger partial charge on any atom is 0.410 e. The van der Waals surface area contributed by atoms with Crippen molar-refractivity contribution in [3.05, 3.63) is 0 Å². The van der Waals surface area contributed by atoms with Gasteiger partial charge in [-0.2, -0.15) is 0 Å². The van der Waals surface area contributed by atoms with Crippen molar-refractivity contribution in [1.29, 1.82) is 0 Å². The maximum absolute atomic E-state index is 13.4. The number of hydrogen-bond acceptors (Lipinski definition) is 3. The minimum Gasteiger partial charge on any atom is -0.444 e. The number of carbonyl (C=O) groups excluding carboxylic acids is 1. The van der Waals surface area contributed by atoms with Gasteiger partial charge in [0.2, 0.25) is 0 Å². The van der Waals surface area contributed by atoms with Gasteiger partial charge >= 0.3 is 6.09 Å². The zero-order valence-corrected chi connectivity index (χ0v) is 10.6. The number of rotatable bonds is 1. The first kappa shape index (κ1) is 12.6. The Kier molecular flexibility index (Phi) is 3.06. The van der Waals surface area contributed by atoms with Crippen LogP contribution in [0, 0.1) is 5.92 Å². The van der Waals surface area contributed by atoms with Crippen LogP contribution in [-0.4, -0.2) is 41.4 Å². The summed E-state index contributed by atoms with van der Waals surface area (Å²) < 4.78 is 18.7. The van der Waals surface area contributed by atoms with Gasteiger partial charge in [0.05, 0.1) is 6.54 Å². The minimum absolute atomic E-state index is 0.0742. The fourth-order valence-corrected chi connectivity index (χ4v) is 2.43. The van der Waals surface area contributed by atoms with Gasteiger partial charge in [-0.1, -0.05) is 0 Å². The molecule has 98 valence electrons. The smallest absolute Gasteiger partial charge is 0.410 e. The van der Waals surface area contributed by atoms with E-state index in [2.05, 4.69) is 0 Å². The van der Waals surface area contributed by atoms with Crippen molar-refractivity contribution >= 4 is 6.09 Å². The fraction of sp³-hybridized carbons (Fsp3) is 0.917. The number of carbonyl (C=O) groups is 1. The molecular formula is C12H21FN2O2. The molecule has 0 aromatic carbocycles. The number of ether oxygens (including phenoxy) is 1. The Morgan fingerprint density at radius 1 is 1.41 bits per heavy atom. The van der Waals surface area contributed by atoms with Crippen LogP contribution in [0.5, 0.6) is 0 Å². The third kappa shape index (κ3) is 2.89. The highest BCUT2D eigenvalue weighted by molar-refractivity contribution is 5.69. The molecule has 1 aliphatic carbocycles. The molecular weight excluding hydrogens is 223 g/mol. The van der Waals surface area contributed by atoms with Crippen LogP contribution in [-0.2, 0) is 4.74 Å². The standard InChI is InChI=1S/C12H21FN2O2/c1-12(2,3)17-11(16)15-6-7(13)4-10(15)8-5-9(8)14/h7-10H,4-6,14H2,1-3H3/t7-,8-,9-,10?/m1/s1. The van der Waals surface area contributed by atoms with Crippen LogP contribution >= 0.6 is 0 Å². The minimum atomic E-state index is -0.944. The molecule has 4 nitrogen and oxygen atoms in total. The Labute approximate surface area is 101 Å². The molecule has 2 rings (SSSR count). The van der Waals surface area contributed by atoms with E-state index in [4.69, 9.17) is 10.5 Å². The molecule has 0 aromatic rings. The Balaban J connectivity index is 2.00. The summed E-state index contributed by atoms with van der Waals surface area (Å²) in [6, 6.07) is 0.0464. The SMILES string of the molecule is CC(C)(C)OC(=O)N1C[C@H](F)CC1[C@@H]1C[C@H]1N. The van der Waals surface area contributed by atoms with Crippen LogP contribution in [0.4, 0.5) is 9.18 Å². The molecule has 2 fully saturated rings. The number of halogens is 1. The van der Waals surface area contributed by atoms with E-state index in [9.17, 15) is 9.18 Å². The fourth-order valence-electron chi connectivity index (χ4n) is 2.43. The summed E-state index contributed by atoms with van der Waals surface area (Å²) in [6.07, 6.45) is -0.0732. The number of nitrogens with zero attached hydrogens (tertiary/aromatic N) is 1. The Morgan fingerprint density at radius 3 is 2.47 bits per heavy atom. The van der Waals surface area contributed by atoms with Gasteiger partial charge in [-0.25, -0.2) is 9.18 Å². The summed E-state index contributed by atoms with van der Waals surface area (Å²) in [6.45, 7) is 5.58. The molecule has 4 atom stereocenters. The van der Waals surface area contributed by atoms with Crippen molar-refractivity contribution in [2.24, 2.45) is 11.7 Å². The van der Waals surface area contributed by atoms with E-state index in [0.717, 1.165) is 6.42 Å². The first-order chi connectivity index (χ1) is 7.78. The lowest BCUT2D eigenvalue weighted by Crippen LogP contribution is -2.41. The summed E-state index contributed by atoms with van der Waals surface area (Å²) in [5.41, 5.74) is 5.24. The van der Waals surface area contributed by atoms with Gasteiger partial charge in [-0.3, -0.25) is 0 Å². The van der Waals surface area contributed by atoms with Gasteiger partial charge in [0.1, 0.15) is 11.8 Å². The van der Waals surface area contributed by atoms with Gasteiger partial charge in [0, 0.05) is 18.5 Å². The molecule has 0 bridgehead atoms. The number of hydrogen-bond donors (Lipinski definition) is 1. The molecule has 1 saturated carbocycles. The second-order valence-electron chi connectivity index (χ2n) is 6.10. The summed E-state index contributed by atoms with van der Waals surface area (Å²) in [7, 11) is 0. The van der Waals surface area contributed by atoms with Crippen molar-refractivity contribution in [2.75, 3.05) is 6.54 Å². The van der Waals surface area contributed by atoms with E-state index in [1.54, 1.807) is 0 Å². The van der Waals surface area contributed by atoms with Gasteiger partial charge < -0.3 is 15.4 Å². The first-order valence-electron chi connectivity index (χ1n) is 6.17. The summed E-state index contributed by atoms with van der Waals surface area (Å²) in [5, 5.41) is 0. The highest BCUT2D eigenvalue weighted by atomic mass is 19.1. The van der Waals surface area contributed by atoms with Crippen LogP contribution in [0.15, 0.2) is 0 Å². The van der Waals surface area contributed by atoms with Crippen LogP contribution < -0.4 is 5.73 Å². The molecule has 1 aliphatic heterocycles.